The molecule has 0 fully saturated rings. The fraction of sp³-hybridized carbons (Fsp3) is 0.188. The molecule has 0 aliphatic carbocycles. The second-order valence-electron chi connectivity index (χ2n) is 4.83. The van der Waals surface area contributed by atoms with Gasteiger partial charge in [-0.15, -0.1) is 0 Å². The smallest absolute Gasteiger partial charge is 0.336 e. The summed E-state index contributed by atoms with van der Waals surface area (Å²) in [6.45, 7) is 3.42. The quantitative estimate of drug-likeness (QED) is 0.940. The molecule has 5 heteroatoms. The van der Waals surface area contributed by atoms with Crippen LogP contribution >= 0.6 is 0 Å². The average molecular weight is 284 g/mol. The number of aryl methyl sites for hydroxylation is 2. The van der Waals surface area contributed by atoms with Gasteiger partial charge in [-0.1, -0.05) is 12.1 Å². The molecule has 2 rings (SSSR count). The molecule has 0 spiro atoms. The first-order valence-electron chi connectivity index (χ1n) is 6.45. The zero-order valence-corrected chi connectivity index (χ0v) is 12.1. The molecule has 1 aromatic carbocycles. The Bertz CT molecular complexity index is 696. The Morgan fingerprint density at radius 2 is 1.71 bits per heavy atom. The van der Waals surface area contributed by atoms with Crippen molar-refractivity contribution in [1.82, 2.24) is 4.98 Å². The van der Waals surface area contributed by atoms with Crippen molar-refractivity contribution in [2.75, 3.05) is 11.9 Å². The number of aromatic carboxylic acids is 1. The van der Waals surface area contributed by atoms with Crippen LogP contribution in [0.3, 0.4) is 0 Å². The summed E-state index contributed by atoms with van der Waals surface area (Å²) < 4.78 is 0. The fourth-order valence-electron chi connectivity index (χ4n) is 2.20. The Morgan fingerprint density at radius 3 is 2.24 bits per heavy atom. The van der Waals surface area contributed by atoms with Gasteiger partial charge in [0, 0.05) is 13.2 Å². The molecule has 108 valence electrons. The lowest BCUT2D eigenvalue weighted by atomic mass is 9.96. The Balaban J connectivity index is 2.54. The standard InChI is InChI=1S/C16H16N2O3/c1-10-6-7-11(2)14(16(20)21)13(10)15(19)18(3)12-5-4-8-17-9-12/h4-9H,1-3H3,(H,20,21). The lowest BCUT2D eigenvalue weighted by molar-refractivity contribution is 0.0691. The Kier molecular flexibility index (Phi) is 4.03. The number of anilines is 1. The van der Waals surface area contributed by atoms with Crippen LogP contribution in [-0.4, -0.2) is 29.0 Å². The van der Waals surface area contributed by atoms with E-state index in [4.69, 9.17) is 0 Å². The van der Waals surface area contributed by atoms with Crippen LogP contribution in [0.4, 0.5) is 5.69 Å². The van der Waals surface area contributed by atoms with Crippen LogP contribution in [0.15, 0.2) is 36.7 Å². The molecule has 1 heterocycles. The summed E-state index contributed by atoms with van der Waals surface area (Å²) in [6, 6.07) is 6.93. The molecule has 0 saturated carbocycles. The number of nitrogens with zero attached hydrogens (tertiary/aromatic N) is 2. The number of carbonyl (C=O) groups excluding carboxylic acids is 1. The van der Waals surface area contributed by atoms with Crippen LogP contribution in [0.5, 0.6) is 0 Å². The molecule has 0 unspecified atom stereocenters. The fourth-order valence-corrected chi connectivity index (χ4v) is 2.20. The van der Waals surface area contributed by atoms with Crippen molar-refractivity contribution in [3.8, 4) is 0 Å². The highest BCUT2D eigenvalue weighted by atomic mass is 16.4. The largest absolute Gasteiger partial charge is 0.478 e. The summed E-state index contributed by atoms with van der Waals surface area (Å²) in [4.78, 5) is 29.5. The second-order valence-corrected chi connectivity index (χ2v) is 4.83. The molecule has 0 bridgehead atoms. The minimum atomic E-state index is -1.10. The van der Waals surface area contributed by atoms with Crippen molar-refractivity contribution in [3.05, 3.63) is 58.9 Å². The van der Waals surface area contributed by atoms with E-state index in [1.54, 1.807) is 57.6 Å². The molecule has 2 aromatic rings. The first-order chi connectivity index (χ1) is 9.93. The van der Waals surface area contributed by atoms with Crippen LogP contribution in [0.25, 0.3) is 0 Å². The van der Waals surface area contributed by atoms with Crippen molar-refractivity contribution in [1.29, 1.82) is 0 Å². The van der Waals surface area contributed by atoms with E-state index in [9.17, 15) is 14.7 Å². The summed E-state index contributed by atoms with van der Waals surface area (Å²) in [5.41, 5.74) is 2.08. The number of hydrogen-bond donors (Lipinski definition) is 1. The molecule has 5 nitrogen and oxygen atoms in total. The van der Waals surface area contributed by atoms with Gasteiger partial charge in [0.05, 0.1) is 23.0 Å². The number of hydrogen-bond acceptors (Lipinski definition) is 3. The summed E-state index contributed by atoms with van der Waals surface area (Å²) >= 11 is 0. The van der Waals surface area contributed by atoms with Gasteiger partial charge in [0.25, 0.3) is 5.91 Å². The van der Waals surface area contributed by atoms with E-state index in [0.29, 0.717) is 16.8 Å². The minimum absolute atomic E-state index is 0.0516. The van der Waals surface area contributed by atoms with Crippen molar-refractivity contribution in [3.63, 3.8) is 0 Å². The number of amides is 1. The third-order valence-corrected chi connectivity index (χ3v) is 3.39. The molecule has 0 atom stereocenters. The van der Waals surface area contributed by atoms with Crippen molar-refractivity contribution < 1.29 is 14.7 Å². The zero-order chi connectivity index (χ0) is 15.6. The highest BCUT2D eigenvalue weighted by Crippen LogP contribution is 2.22. The van der Waals surface area contributed by atoms with Crippen LogP contribution in [0.1, 0.15) is 31.8 Å². The molecule has 1 N–H and O–H groups in total. The van der Waals surface area contributed by atoms with E-state index in [2.05, 4.69) is 4.98 Å². The number of carbonyl (C=O) groups is 2. The summed E-state index contributed by atoms with van der Waals surface area (Å²) in [6.07, 6.45) is 3.17. The third-order valence-electron chi connectivity index (χ3n) is 3.39. The average Bonchev–Trinajstić information content (AvgIpc) is 2.48. The van der Waals surface area contributed by atoms with E-state index in [-0.39, 0.29) is 17.0 Å². The molecule has 0 aliphatic rings. The van der Waals surface area contributed by atoms with Gasteiger partial charge < -0.3 is 10.0 Å². The van der Waals surface area contributed by atoms with Gasteiger partial charge in [-0.3, -0.25) is 9.78 Å². The van der Waals surface area contributed by atoms with Gasteiger partial charge in [-0.25, -0.2) is 4.79 Å². The van der Waals surface area contributed by atoms with Gasteiger partial charge in [-0.2, -0.15) is 0 Å². The molecule has 21 heavy (non-hydrogen) atoms. The van der Waals surface area contributed by atoms with E-state index < -0.39 is 5.97 Å². The molecule has 1 amide bonds. The number of rotatable bonds is 3. The lowest BCUT2D eigenvalue weighted by Gasteiger charge is -2.20. The Hall–Kier alpha value is -2.69. The maximum Gasteiger partial charge on any atom is 0.336 e. The molecule has 0 saturated heterocycles. The number of carboxylic acid groups (broad SMARTS) is 1. The molecule has 1 aromatic heterocycles. The topological polar surface area (TPSA) is 70.5 Å². The van der Waals surface area contributed by atoms with Crippen LogP contribution in [0.2, 0.25) is 0 Å². The van der Waals surface area contributed by atoms with E-state index in [1.165, 1.54) is 4.90 Å². The van der Waals surface area contributed by atoms with Crippen LogP contribution < -0.4 is 4.90 Å². The number of benzene rings is 1. The molecular weight excluding hydrogens is 268 g/mol. The maximum absolute atomic E-state index is 12.7. The maximum atomic E-state index is 12.7. The summed E-state index contributed by atoms with van der Waals surface area (Å²) in [7, 11) is 1.60. The predicted octanol–water partition coefficient (Wildman–Crippen LogP) is 2.67. The minimum Gasteiger partial charge on any atom is -0.478 e. The highest BCUT2D eigenvalue weighted by Gasteiger charge is 2.24. The number of aromatic nitrogens is 1. The number of carboxylic acids is 1. The Morgan fingerprint density at radius 1 is 1.10 bits per heavy atom. The molecule has 0 aliphatic heterocycles. The van der Waals surface area contributed by atoms with Crippen LogP contribution in [0, 0.1) is 13.8 Å². The first kappa shape index (κ1) is 14.7. The van der Waals surface area contributed by atoms with Gasteiger partial charge >= 0.3 is 5.97 Å². The second kappa shape index (κ2) is 5.75. The lowest BCUT2D eigenvalue weighted by Crippen LogP contribution is -2.29. The van der Waals surface area contributed by atoms with Crippen molar-refractivity contribution in [2.24, 2.45) is 0 Å². The normalized spacial score (nSPS) is 10.2. The van der Waals surface area contributed by atoms with E-state index in [0.717, 1.165) is 0 Å². The van der Waals surface area contributed by atoms with Crippen molar-refractivity contribution >= 4 is 17.6 Å². The zero-order valence-electron chi connectivity index (χ0n) is 12.1. The van der Waals surface area contributed by atoms with Crippen molar-refractivity contribution in [2.45, 2.75) is 13.8 Å². The first-order valence-corrected chi connectivity index (χ1v) is 6.45. The SMILES string of the molecule is Cc1ccc(C)c(C(=O)N(C)c2cccnc2)c1C(=O)O. The molecule has 0 radical (unpaired) electrons. The van der Waals surface area contributed by atoms with Gasteiger partial charge in [0.2, 0.25) is 0 Å². The highest BCUT2D eigenvalue weighted by molar-refractivity contribution is 6.13. The van der Waals surface area contributed by atoms with Gasteiger partial charge in [0.1, 0.15) is 0 Å². The van der Waals surface area contributed by atoms with E-state index >= 15 is 0 Å². The summed E-state index contributed by atoms with van der Waals surface area (Å²) in [5.74, 6) is -1.46. The summed E-state index contributed by atoms with van der Waals surface area (Å²) in [5, 5.41) is 9.39. The van der Waals surface area contributed by atoms with Gasteiger partial charge in [-0.05, 0) is 37.1 Å². The van der Waals surface area contributed by atoms with E-state index in [1.807, 2.05) is 0 Å². The van der Waals surface area contributed by atoms with Gasteiger partial charge in [0.15, 0.2) is 0 Å². The van der Waals surface area contributed by atoms with Crippen LogP contribution in [-0.2, 0) is 0 Å². The molecular formula is C16H16N2O3. The monoisotopic (exact) mass is 284 g/mol. The predicted molar refractivity (Wildman–Crippen MR) is 79.8 cm³/mol. The third kappa shape index (κ3) is 2.76. The number of pyridine rings is 1. The Labute approximate surface area is 122 Å².